The van der Waals surface area contributed by atoms with Gasteiger partial charge in [-0.2, -0.15) is 0 Å². The summed E-state index contributed by atoms with van der Waals surface area (Å²) in [5, 5.41) is 3.54. The zero-order chi connectivity index (χ0) is 21.5. The maximum Gasteiger partial charge on any atom is 0.284 e. The molecule has 1 saturated heterocycles. The van der Waals surface area contributed by atoms with Crippen molar-refractivity contribution in [3.63, 3.8) is 0 Å². The van der Waals surface area contributed by atoms with Crippen LogP contribution in [0.4, 0.5) is 15.8 Å². The number of rotatable bonds is 5. The summed E-state index contributed by atoms with van der Waals surface area (Å²) in [7, 11) is 0. The van der Waals surface area contributed by atoms with Crippen molar-refractivity contribution in [3.05, 3.63) is 59.1 Å². The second kappa shape index (κ2) is 7.70. The number of nitrogens with zero attached hydrogens (tertiary/aromatic N) is 2. The lowest BCUT2D eigenvalue weighted by atomic mass is 10.0. The topological polar surface area (TPSA) is 91.8 Å². The van der Waals surface area contributed by atoms with Crippen LogP contribution in [0.1, 0.15) is 21.7 Å². The van der Waals surface area contributed by atoms with Crippen LogP contribution in [-0.4, -0.2) is 49.4 Å². The van der Waals surface area contributed by atoms with Crippen LogP contribution in [0.5, 0.6) is 0 Å². The number of benzene rings is 2. The van der Waals surface area contributed by atoms with E-state index in [1.54, 1.807) is 6.07 Å². The molecule has 3 heterocycles. The Bertz CT molecular complexity index is 1180. The van der Waals surface area contributed by atoms with Crippen molar-refractivity contribution < 1.29 is 18.4 Å². The molecule has 160 valence electrons. The molecule has 1 fully saturated rings. The van der Waals surface area contributed by atoms with Crippen LogP contribution in [0.15, 0.2) is 40.8 Å². The fraction of sp³-hybridized carbons (Fsp3) is 0.304. The molecule has 7 nitrogen and oxygen atoms in total. The van der Waals surface area contributed by atoms with Crippen LogP contribution < -0.4 is 16.0 Å². The molecule has 0 radical (unpaired) electrons. The van der Waals surface area contributed by atoms with E-state index in [1.165, 1.54) is 6.07 Å². The van der Waals surface area contributed by atoms with E-state index in [-0.39, 0.29) is 17.5 Å². The van der Waals surface area contributed by atoms with E-state index in [1.807, 2.05) is 24.3 Å². The average Bonchev–Trinajstić information content (AvgIpc) is 3.34. The van der Waals surface area contributed by atoms with Gasteiger partial charge in [0.25, 0.3) is 5.91 Å². The van der Waals surface area contributed by atoms with Gasteiger partial charge in [0.1, 0.15) is 11.4 Å². The Morgan fingerprint density at radius 1 is 1.13 bits per heavy atom. The molecule has 0 atom stereocenters. The molecule has 8 heteroatoms. The van der Waals surface area contributed by atoms with Crippen LogP contribution in [0.3, 0.4) is 0 Å². The number of fused-ring (bicyclic) bond motifs is 2. The van der Waals surface area contributed by atoms with Crippen LogP contribution in [-0.2, 0) is 17.6 Å². The summed E-state index contributed by atoms with van der Waals surface area (Å²) < 4.78 is 19.8. The summed E-state index contributed by atoms with van der Waals surface area (Å²) >= 11 is 0. The van der Waals surface area contributed by atoms with Crippen molar-refractivity contribution in [2.24, 2.45) is 5.73 Å². The largest absolute Gasteiger partial charge is 0.451 e. The highest BCUT2D eigenvalue weighted by molar-refractivity contribution is 5.99. The second-order valence-corrected chi connectivity index (χ2v) is 8.10. The molecular weight excluding hydrogens is 399 g/mol. The van der Waals surface area contributed by atoms with Gasteiger partial charge < -0.3 is 20.4 Å². The number of piperazine rings is 1. The molecule has 3 aromatic rings. The molecule has 2 amide bonds. The van der Waals surface area contributed by atoms with Gasteiger partial charge in [-0.05, 0) is 47.9 Å². The van der Waals surface area contributed by atoms with Gasteiger partial charge in [-0.25, -0.2) is 4.39 Å². The van der Waals surface area contributed by atoms with E-state index in [0.717, 1.165) is 49.4 Å². The second-order valence-electron chi connectivity index (χ2n) is 8.10. The minimum absolute atomic E-state index is 0.0814. The Kier molecular flexibility index (Phi) is 4.86. The number of primary amides is 1. The quantitative estimate of drug-likeness (QED) is 0.659. The lowest BCUT2D eigenvalue weighted by molar-refractivity contribution is -0.115. The first-order chi connectivity index (χ1) is 15.0. The molecule has 3 N–H and O–H groups in total. The van der Waals surface area contributed by atoms with E-state index in [9.17, 15) is 14.0 Å². The average molecular weight is 422 g/mol. The van der Waals surface area contributed by atoms with E-state index >= 15 is 0 Å². The van der Waals surface area contributed by atoms with Gasteiger partial charge in [-0.1, -0.05) is 6.07 Å². The van der Waals surface area contributed by atoms with Gasteiger partial charge in [0.2, 0.25) is 5.91 Å². The van der Waals surface area contributed by atoms with Crippen LogP contribution in [0.25, 0.3) is 11.0 Å². The number of furan rings is 1. The molecule has 2 aliphatic rings. The number of halogens is 1. The van der Waals surface area contributed by atoms with Gasteiger partial charge in [0, 0.05) is 49.5 Å². The fourth-order valence-electron chi connectivity index (χ4n) is 4.35. The number of amides is 2. The van der Waals surface area contributed by atoms with Crippen molar-refractivity contribution >= 4 is 34.2 Å². The maximum atomic E-state index is 14.4. The molecular formula is C23H23FN4O3. The number of anilines is 2. The zero-order valence-electron chi connectivity index (χ0n) is 17.0. The molecule has 31 heavy (non-hydrogen) atoms. The third-order valence-electron chi connectivity index (χ3n) is 6.07. The van der Waals surface area contributed by atoms with Crippen LogP contribution in [0, 0.1) is 5.82 Å². The van der Waals surface area contributed by atoms with Crippen molar-refractivity contribution in [2.75, 3.05) is 42.9 Å². The first kappa shape index (κ1) is 19.6. The molecule has 2 aromatic carbocycles. The fourth-order valence-corrected chi connectivity index (χ4v) is 4.35. The summed E-state index contributed by atoms with van der Waals surface area (Å²) in [5.74, 6) is -0.754. The number of hydrogen-bond acceptors (Lipinski definition) is 5. The first-order valence-electron chi connectivity index (χ1n) is 10.4. The number of carbonyl (C=O) groups excluding carboxylic acids is 2. The molecule has 0 aliphatic carbocycles. The van der Waals surface area contributed by atoms with Crippen LogP contribution >= 0.6 is 0 Å². The van der Waals surface area contributed by atoms with Crippen LogP contribution in [0.2, 0.25) is 0 Å². The van der Waals surface area contributed by atoms with Crippen molar-refractivity contribution in [2.45, 2.75) is 12.8 Å². The molecule has 0 bridgehead atoms. The molecule has 5 rings (SSSR count). The number of hydrogen-bond donors (Lipinski definition) is 2. The SMILES string of the molecule is NC(=O)c1cc2cc(N3CCN(CCc4cc5c(cc4F)NC(=O)C5)CC3)ccc2o1. The highest BCUT2D eigenvalue weighted by Gasteiger charge is 2.22. The lowest BCUT2D eigenvalue weighted by Crippen LogP contribution is -2.47. The summed E-state index contributed by atoms with van der Waals surface area (Å²) in [6.45, 7) is 4.24. The summed E-state index contributed by atoms with van der Waals surface area (Å²) in [6.07, 6.45) is 0.938. The monoisotopic (exact) mass is 422 g/mol. The van der Waals surface area contributed by atoms with Gasteiger partial charge in [-0.15, -0.1) is 0 Å². The molecule has 2 aliphatic heterocycles. The third kappa shape index (κ3) is 3.86. The van der Waals surface area contributed by atoms with Crippen molar-refractivity contribution in [1.82, 2.24) is 4.90 Å². The molecule has 0 unspecified atom stereocenters. The Labute approximate surface area is 178 Å². The lowest BCUT2D eigenvalue weighted by Gasteiger charge is -2.36. The number of nitrogens with one attached hydrogen (secondary N) is 1. The predicted molar refractivity (Wildman–Crippen MR) is 116 cm³/mol. The molecule has 0 saturated carbocycles. The maximum absolute atomic E-state index is 14.4. The Hall–Kier alpha value is -3.39. The number of carbonyl (C=O) groups is 2. The highest BCUT2D eigenvalue weighted by Crippen LogP contribution is 2.28. The van der Waals surface area contributed by atoms with Gasteiger partial charge in [-0.3, -0.25) is 14.5 Å². The standard InChI is InChI=1S/C23H23FN4O3/c24-18-13-19-15(12-22(29)26-19)9-14(18)3-4-27-5-7-28(8-6-27)17-1-2-20-16(10-17)11-21(31-20)23(25)30/h1-2,9-11,13H,3-8,12H2,(H2,25,30)(H,26,29). The molecule has 1 aromatic heterocycles. The third-order valence-corrected chi connectivity index (χ3v) is 6.07. The Morgan fingerprint density at radius 3 is 2.71 bits per heavy atom. The van der Waals surface area contributed by atoms with Crippen molar-refractivity contribution in [1.29, 1.82) is 0 Å². The van der Waals surface area contributed by atoms with E-state index in [0.29, 0.717) is 29.7 Å². The van der Waals surface area contributed by atoms with Gasteiger partial charge in [0.15, 0.2) is 5.76 Å². The highest BCUT2D eigenvalue weighted by atomic mass is 19.1. The zero-order valence-corrected chi connectivity index (χ0v) is 17.0. The first-order valence-corrected chi connectivity index (χ1v) is 10.4. The van der Waals surface area contributed by atoms with E-state index in [4.69, 9.17) is 10.2 Å². The molecule has 0 spiro atoms. The predicted octanol–water partition coefficient (Wildman–Crippen LogP) is 2.53. The summed E-state index contributed by atoms with van der Waals surface area (Å²) in [6, 6.07) is 10.8. The van der Waals surface area contributed by atoms with Crippen molar-refractivity contribution in [3.8, 4) is 0 Å². The van der Waals surface area contributed by atoms with Gasteiger partial charge in [0.05, 0.1) is 6.42 Å². The summed E-state index contributed by atoms with van der Waals surface area (Å²) in [5.41, 5.74) is 9.14. The smallest absolute Gasteiger partial charge is 0.284 e. The van der Waals surface area contributed by atoms with Gasteiger partial charge >= 0.3 is 0 Å². The van der Waals surface area contributed by atoms with E-state index < -0.39 is 5.91 Å². The van der Waals surface area contributed by atoms with E-state index in [2.05, 4.69) is 15.1 Å². The Morgan fingerprint density at radius 2 is 1.94 bits per heavy atom. The minimum atomic E-state index is -0.575. The number of nitrogens with two attached hydrogens (primary N) is 1. The Balaban J connectivity index is 1.19. The summed E-state index contributed by atoms with van der Waals surface area (Å²) in [4.78, 5) is 27.4. The normalized spacial score (nSPS) is 16.5. The minimum Gasteiger partial charge on any atom is -0.451 e.